The highest BCUT2D eigenvalue weighted by Gasteiger charge is 2.16. The Morgan fingerprint density at radius 2 is 1.92 bits per heavy atom. The number of alkyl carbamates (subject to hydrolysis) is 1. The number of nitrogens with two attached hydrogens (primary N) is 1. The lowest BCUT2D eigenvalue weighted by atomic mass is 10.2. The van der Waals surface area contributed by atoms with E-state index in [0.29, 0.717) is 13.1 Å². The Morgan fingerprint density at radius 1 is 1.23 bits per heavy atom. The van der Waals surface area contributed by atoms with Crippen LogP contribution in [-0.2, 0) is 22.1 Å². The van der Waals surface area contributed by atoms with Crippen molar-refractivity contribution in [2.24, 2.45) is 5.73 Å². The van der Waals surface area contributed by atoms with Crippen LogP contribution in [0.3, 0.4) is 0 Å². The number of thiophene rings is 1. The molecule has 2 aromatic rings. The molecular formula is C18H24N2O3S3. The molecule has 0 saturated carbocycles. The van der Waals surface area contributed by atoms with E-state index in [1.807, 2.05) is 57.2 Å². The van der Waals surface area contributed by atoms with Crippen molar-refractivity contribution in [1.82, 2.24) is 5.32 Å². The lowest BCUT2D eigenvalue weighted by Crippen LogP contribution is -2.31. The Kier molecular flexibility index (Phi) is 7.69. The van der Waals surface area contributed by atoms with Crippen LogP contribution in [0.2, 0.25) is 0 Å². The molecule has 26 heavy (non-hydrogen) atoms. The first-order valence-electron chi connectivity index (χ1n) is 8.19. The van der Waals surface area contributed by atoms with Gasteiger partial charge in [-0.2, -0.15) is 0 Å². The summed E-state index contributed by atoms with van der Waals surface area (Å²) in [6, 6.07) is 11.4. The molecule has 3 N–H and O–H groups in total. The minimum absolute atomic E-state index is 0.353. The number of rotatable bonds is 7. The summed E-state index contributed by atoms with van der Waals surface area (Å²) in [5.74, 6) is 0.862. The van der Waals surface area contributed by atoms with Gasteiger partial charge in [0, 0.05) is 27.0 Å². The third-order valence-electron chi connectivity index (χ3n) is 3.05. The quantitative estimate of drug-likeness (QED) is 0.672. The second kappa shape index (κ2) is 9.55. The molecule has 1 atom stereocenters. The van der Waals surface area contributed by atoms with E-state index in [-0.39, 0.29) is 0 Å². The normalized spacial score (nSPS) is 12.6. The molecule has 1 aromatic carbocycles. The van der Waals surface area contributed by atoms with E-state index in [2.05, 4.69) is 5.32 Å². The number of benzene rings is 1. The zero-order valence-electron chi connectivity index (χ0n) is 15.1. The fourth-order valence-corrected chi connectivity index (χ4v) is 5.06. The van der Waals surface area contributed by atoms with Crippen LogP contribution in [0, 0.1) is 0 Å². The minimum atomic E-state index is -1.23. The van der Waals surface area contributed by atoms with Gasteiger partial charge in [0.05, 0.1) is 21.6 Å². The van der Waals surface area contributed by atoms with Crippen molar-refractivity contribution in [1.29, 1.82) is 0 Å². The first-order valence-corrected chi connectivity index (χ1v) is 11.1. The zero-order chi connectivity index (χ0) is 19.2. The standard InChI is InChI=1S/C18H24N2O3S3/c1-18(2,3)23-17(21)20-12-14-6-9-16(25-14)26(22)15-7-4-13(5-8-15)24-11-10-19/h4-9H,10-12,19H2,1-3H3,(H,20,21). The summed E-state index contributed by atoms with van der Waals surface area (Å²) in [5.41, 5.74) is 4.98. The minimum Gasteiger partial charge on any atom is -0.444 e. The molecule has 1 aromatic heterocycles. The fraction of sp³-hybridized carbons (Fsp3) is 0.389. The Balaban J connectivity index is 1.94. The van der Waals surface area contributed by atoms with Gasteiger partial charge in [0.25, 0.3) is 0 Å². The van der Waals surface area contributed by atoms with E-state index in [1.165, 1.54) is 11.3 Å². The Hall–Kier alpha value is -1.35. The predicted octanol–water partition coefficient (Wildman–Crippen LogP) is 3.99. The second-order valence-electron chi connectivity index (χ2n) is 6.45. The summed E-state index contributed by atoms with van der Waals surface area (Å²) in [6.45, 7) is 6.44. The summed E-state index contributed by atoms with van der Waals surface area (Å²) < 4.78 is 18.7. The van der Waals surface area contributed by atoms with Gasteiger partial charge in [-0.05, 0) is 57.2 Å². The summed E-state index contributed by atoms with van der Waals surface area (Å²) in [7, 11) is -1.23. The maximum atomic E-state index is 12.7. The van der Waals surface area contributed by atoms with Gasteiger partial charge < -0.3 is 15.8 Å². The largest absolute Gasteiger partial charge is 0.444 e. The van der Waals surface area contributed by atoms with Gasteiger partial charge in [-0.1, -0.05) is 0 Å². The number of amides is 1. The molecule has 5 nitrogen and oxygen atoms in total. The molecule has 0 radical (unpaired) electrons. The van der Waals surface area contributed by atoms with E-state index in [0.717, 1.165) is 24.6 Å². The monoisotopic (exact) mass is 412 g/mol. The highest BCUT2D eigenvalue weighted by Crippen LogP contribution is 2.26. The molecule has 0 spiro atoms. The molecule has 0 saturated heterocycles. The highest BCUT2D eigenvalue weighted by molar-refractivity contribution is 7.99. The average molecular weight is 413 g/mol. The molecule has 1 heterocycles. The van der Waals surface area contributed by atoms with Crippen LogP contribution in [-0.4, -0.2) is 28.2 Å². The van der Waals surface area contributed by atoms with Crippen molar-refractivity contribution < 1.29 is 13.7 Å². The first-order chi connectivity index (χ1) is 12.3. The molecule has 0 aliphatic heterocycles. The highest BCUT2D eigenvalue weighted by atomic mass is 32.2. The van der Waals surface area contributed by atoms with Gasteiger partial charge in [0.1, 0.15) is 5.60 Å². The topological polar surface area (TPSA) is 81.4 Å². The van der Waals surface area contributed by atoms with Crippen LogP contribution >= 0.6 is 23.1 Å². The number of ether oxygens (including phenoxy) is 1. The van der Waals surface area contributed by atoms with E-state index >= 15 is 0 Å². The van der Waals surface area contributed by atoms with Crippen molar-refractivity contribution in [3.05, 3.63) is 41.3 Å². The number of carbonyl (C=O) groups excluding carboxylic acids is 1. The number of nitrogens with one attached hydrogen (secondary N) is 1. The molecule has 0 aliphatic carbocycles. The lowest BCUT2D eigenvalue weighted by molar-refractivity contribution is 0.0524. The van der Waals surface area contributed by atoms with E-state index in [9.17, 15) is 9.00 Å². The third kappa shape index (κ3) is 6.75. The molecule has 0 bridgehead atoms. The molecule has 1 amide bonds. The molecule has 0 fully saturated rings. The lowest BCUT2D eigenvalue weighted by Gasteiger charge is -2.19. The van der Waals surface area contributed by atoms with E-state index < -0.39 is 22.5 Å². The van der Waals surface area contributed by atoms with Gasteiger partial charge >= 0.3 is 6.09 Å². The first kappa shape index (κ1) is 21.0. The molecule has 2 rings (SSSR count). The van der Waals surface area contributed by atoms with Crippen molar-refractivity contribution in [2.45, 2.75) is 46.9 Å². The second-order valence-corrected chi connectivity index (χ2v) is 10.5. The molecule has 1 unspecified atom stereocenters. The van der Waals surface area contributed by atoms with Crippen LogP contribution in [0.15, 0.2) is 50.4 Å². The summed E-state index contributed by atoms with van der Waals surface area (Å²) in [5, 5.41) is 2.71. The van der Waals surface area contributed by atoms with Gasteiger partial charge in [-0.25, -0.2) is 9.00 Å². The SMILES string of the molecule is CC(C)(C)OC(=O)NCc1ccc(S(=O)c2ccc(SCCN)cc2)s1. The predicted molar refractivity (Wildman–Crippen MR) is 108 cm³/mol. The Labute approximate surface area is 165 Å². The third-order valence-corrected chi connectivity index (χ3v) is 6.88. The van der Waals surface area contributed by atoms with E-state index in [1.54, 1.807) is 11.8 Å². The van der Waals surface area contributed by atoms with Crippen LogP contribution in [0.1, 0.15) is 25.6 Å². The summed E-state index contributed by atoms with van der Waals surface area (Å²) in [4.78, 5) is 14.5. The van der Waals surface area contributed by atoms with Crippen LogP contribution in [0.4, 0.5) is 4.79 Å². The number of thioether (sulfide) groups is 1. The number of hydrogen-bond donors (Lipinski definition) is 2. The van der Waals surface area contributed by atoms with Gasteiger partial charge in [0.2, 0.25) is 0 Å². The average Bonchev–Trinajstić information content (AvgIpc) is 3.05. The van der Waals surface area contributed by atoms with Gasteiger partial charge in [0.15, 0.2) is 0 Å². The number of carbonyl (C=O) groups is 1. The maximum Gasteiger partial charge on any atom is 0.407 e. The molecule has 0 aliphatic rings. The van der Waals surface area contributed by atoms with Crippen molar-refractivity contribution in [2.75, 3.05) is 12.3 Å². The van der Waals surface area contributed by atoms with Gasteiger partial charge in [-0.3, -0.25) is 0 Å². The van der Waals surface area contributed by atoms with Crippen molar-refractivity contribution in [3.63, 3.8) is 0 Å². The zero-order valence-corrected chi connectivity index (χ0v) is 17.6. The van der Waals surface area contributed by atoms with Crippen LogP contribution in [0.5, 0.6) is 0 Å². The molecular weight excluding hydrogens is 388 g/mol. The van der Waals surface area contributed by atoms with Gasteiger partial charge in [-0.15, -0.1) is 23.1 Å². The Morgan fingerprint density at radius 3 is 2.54 bits per heavy atom. The van der Waals surface area contributed by atoms with Crippen LogP contribution < -0.4 is 11.1 Å². The smallest absolute Gasteiger partial charge is 0.407 e. The van der Waals surface area contributed by atoms with Crippen molar-refractivity contribution >= 4 is 40.0 Å². The van der Waals surface area contributed by atoms with Crippen LogP contribution in [0.25, 0.3) is 0 Å². The molecule has 142 valence electrons. The van der Waals surface area contributed by atoms with Crippen molar-refractivity contribution in [3.8, 4) is 0 Å². The maximum absolute atomic E-state index is 12.7. The molecule has 8 heteroatoms. The summed E-state index contributed by atoms with van der Waals surface area (Å²) in [6.07, 6.45) is -0.459. The van der Waals surface area contributed by atoms with E-state index in [4.69, 9.17) is 10.5 Å². The number of hydrogen-bond acceptors (Lipinski definition) is 6. The fourth-order valence-electron chi connectivity index (χ4n) is 1.98. The summed E-state index contributed by atoms with van der Waals surface area (Å²) >= 11 is 3.10. The Bertz CT molecular complexity index is 752.